The number of carboxylic acids is 1. The topological polar surface area (TPSA) is 125 Å². The normalized spacial score (nSPS) is 33.0. The fourth-order valence-corrected chi connectivity index (χ4v) is 5.26. The molecule has 2 aliphatic heterocycles. The number of carbonyl (C=O) groups excluding carboxylic acids is 2. The van der Waals surface area contributed by atoms with Crippen molar-refractivity contribution in [2.75, 3.05) is 0 Å². The van der Waals surface area contributed by atoms with Gasteiger partial charge in [0.2, 0.25) is 5.91 Å². The largest absolute Gasteiger partial charge is 1.00 e. The number of aromatic nitrogens is 3. The first-order valence-corrected chi connectivity index (χ1v) is 7.43. The number of fused-ring (bicyclic) bond motifs is 1. The van der Waals surface area contributed by atoms with E-state index in [0.717, 1.165) is 4.90 Å². The quantitative estimate of drug-likeness (QED) is 0.400. The zero-order valence-electron chi connectivity index (χ0n) is 11.5. The van der Waals surface area contributed by atoms with Gasteiger partial charge in [-0.15, -0.1) is 5.10 Å². The third kappa shape index (κ3) is 2.04. The first-order chi connectivity index (χ1) is 9.29. The van der Waals surface area contributed by atoms with Crippen LogP contribution < -0.4 is 34.7 Å². The van der Waals surface area contributed by atoms with Crippen LogP contribution in [0.15, 0.2) is 12.4 Å². The Bertz CT molecular complexity index is 690. The molecule has 0 aliphatic carbocycles. The summed E-state index contributed by atoms with van der Waals surface area (Å²) in [6, 6.07) is -1.51. The molecule has 1 amide bonds. The summed E-state index contributed by atoms with van der Waals surface area (Å²) in [7, 11) is -3.84. The molecule has 0 aromatic carbocycles. The van der Waals surface area contributed by atoms with Gasteiger partial charge < -0.3 is 14.8 Å². The number of hydrogen-bond donors (Lipinski definition) is 0. The van der Waals surface area contributed by atoms with Crippen molar-refractivity contribution in [3.05, 3.63) is 12.4 Å². The number of nitrogens with zero attached hydrogens (tertiary/aromatic N) is 4. The smallest absolute Gasteiger partial charge is 0.548 e. The van der Waals surface area contributed by atoms with Crippen LogP contribution in [0.5, 0.6) is 0 Å². The van der Waals surface area contributed by atoms with Crippen LogP contribution in [0.4, 0.5) is 0 Å². The van der Waals surface area contributed by atoms with Gasteiger partial charge in [-0.25, -0.2) is 8.42 Å². The second-order valence-electron chi connectivity index (χ2n) is 5.14. The van der Waals surface area contributed by atoms with Gasteiger partial charge in [-0.2, -0.15) is 0 Å². The molecule has 108 valence electrons. The summed E-state index contributed by atoms with van der Waals surface area (Å²) in [5, 5.41) is 17.5. The summed E-state index contributed by atoms with van der Waals surface area (Å²) in [6.45, 7) is 1.10. The third-order valence-corrected chi connectivity index (χ3v) is 6.75. The molecule has 1 aromatic heterocycles. The van der Waals surface area contributed by atoms with Gasteiger partial charge in [-0.3, -0.25) is 9.48 Å². The van der Waals surface area contributed by atoms with Gasteiger partial charge >= 0.3 is 29.6 Å². The maximum Gasteiger partial charge on any atom is 1.00 e. The standard InChI is InChI=1S/C10H12N4O5S.Na/c1-10(5-13-3-2-11-12-13)8(9(16)17)14-6(15)4-7(14)20(10,18)19;/h2-3,7-8H,4-5H2,1H3,(H,16,17);/q;+1/p-1/t7-,8+,10+;/m1./s1/i11+1,12+1,13+1;. The molecular formula is C10H11N4NaO5S. The van der Waals surface area contributed by atoms with E-state index in [1.165, 1.54) is 24.0 Å². The van der Waals surface area contributed by atoms with Crippen molar-refractivity contribution in [1.82, 2.24) is 19.9 Å². The molecule has 2 fully saturated rings. The monoisotopic (exact) mass is 325 g/mol. The van der Waals surface area contributed by atoms with Gasteiger partial charge in [-0.1, -0.05) is 5.21 Å². The molecule has 0 N–H and O–H groups in total. The van der Waals surface area contributed by atoms with E-state index in [4.69, 9.17) is 0 Å². The molecule has 21 heavy (non-hydrogen) atoms. The molecule has 3 heterocycles. The van der Waals surface area contributed by atoms with E-state index in [2.05, 4.69) is 10.3 Å². The zero-order chi connectivity index (χ0) is 14.7. The van der Waals surface area contributed by atoms with Crippen LogP contribution in [-0.4, -0.2) is 56.4 Å². The predicted molar refractivity (Wildman–Crippen MR) is 61.4 cm³/mol. The van der Waals surface area contributed by atoms with E-state index >= 15 is 0 Å². The van der Waals surface area contributed by atoms with Crippen molar-refractivity contribution < 1.29 is 52.7 Å². The summed E-state index contributed by atoms with van der Waals surface area (Å²) in [4.78, 5) is 23.8. The molecule has 0 unspecified atom stereocenters. The van der Waals surface area contributed by atoms with Crippen molar-refractivity contribution >= 4 is 21.7 Å². The van der Waals surface area contributed by atoms with Crippen LogP contribution in [0.2, 0.25) is 0 Å². The minimum absolute atomic E-state index is 0. The van der Waals surface area contributed by atoms with Gasteiger partial charge in [0.1, 0.15) is 10.1 Å². The Hall–Kier alpha value is -0.970. The first-order valence-electron chi connectivity index (χ1n) is 5.88. The summed E-state index contributed by atoms with van der Waals surface area (Å²) >= 11 is 0. The number of sulfone groups is 1. The Morgan fingerprint density at radius 1 is 1.57 bits per heavy atom. The number of aliphatic carboxylic acids is 1. The summed E-state index contributed by atoms with van der Waals surface area (Å²) in [5.74, 6) is -2.07. The maximum absolute atomic E-state index is 12.5. The number of amides is 1. The van der Waals surface area contributed by atoms with E-state index < -0.39 is 37.9 Å². The molecule has 0 radical (unpaired) electrons. The van der Waals surface area contributed by atoms with Crippen LogP contribution in [0, 0.1) is 0 Å². The van der Waals surface area contributed by atoms with Crippen molar-refractivity contribution in [2.45, 2.75) is 36.1 Å². The second-order valence-corrected chi connectivity index (χ2v) is 7.71. The Morgan fingerprint density at radius 2 is 2.24 bits per heavy atom. The SMILES string of the molecule is C[C@]1(C[15n]2cc[15n][15n]2)[C@H](C(=O)[O-])N2C(=O)C[C@H]2S1(=O)=O.[Na+]. The van der Waals surface area contributed by atoms with Crippen LogP contribution in [-0.2, 0) is 26.0 Å². The summed E-state index contributed by atoms with van der Waals surface area (Å²) in [6.07, 6.45) is 2.61. The minimum Gasteiger partial charge on any atom is -0.548 e. The average molecular weight is 325 g/mol. The Labute approximate surface area is 142 Å². The van der Waals surface area contributed by atoms with Crippen LogP contribution in [0.25, 0.3) is 0 Å². The number of rotatable bonds is 3. The van der Waals surface area contributed by atoms with E-state index in [1.807, 2.05) is 0 Å². The molecule has 0 saturated carbocycles. The zero-order valence-corrected chi connectivity index (χ0v) is 14.3. The van der Waals surface area contributed by atoms with Gasteiger partial charge in [0, 0.05) is 6.20 Å². The minimum atomic E-state index is -3.84. The van der Waals surface area contributed by atoms with Gasteiger partial charge in [0.15, 0.2) is 9.84 Å². The van der Waals surface area contributed by atoms with Gasteiger partial charge in [0.25, 0.3) is 0 Å². The van der Waals surface area contributed by atoms with Gasteiger partial charge in [-0.05, 0) is 6.92 Å². The number of hydrogen-bond acceptors (Lipinski definition) is 7. The van der Waals surface area contributed by atoms with Gasteiger partial charge in [0.05, 0.1) is 31.2 Å². The number of carbonyl (C=O) groups is 2. The molecule has 2 aliphatic rings. The predicted octanol–water partition coefficient (Wildman–Crippen LogP) is -5.85. The van der Waals surface area contributed by atoms with Crippen molar-refractivity contribution in [3.8, 4) is 0 Å². The maximum atomic E-state index is 12.5. The molecule has 1 aromatic rings. The van der Waals surface area contributed by atoms with E-state index in [-0.39, 0.29) is 42.5 Å². The van der Waals surface area contributed by atoms with E-state index in [9.17, 15) is 23.1 Å². The molecule has 3 rings (SSSR count). The van der Waals surface area contributed by atoms with E-state index in [0.29, 0.717) is 0 Å². The summed E-state index contributed by atoms with van der Waals surface area (Å²) < 4.78 is 24.6. The number of β-lactam (4-membered cyclic amide) rings is 1. The average Bonchev–Trinajstić information content (AvgIpc) is 2.87. The first kappa shape index (κ1) is 16.4. The Kier molecular flexibility index (Phi) is 3.94. The van der Waals surface area contributed by atoms with Crippen molar-refractivity contribution in [2.24, 2.45) is 0 Å². The molecular weight excluding hydrogens is 314 g/mol. The molecule has 11 heteroatoms. The molecule has 9 nitrogen and oxygen atoms in total. The molecule has 3 atom stereocenters. The Morgan fingerprint density at radius 3 is 2.71 bits per heavy atom. The van der Waals surface area contributed by atoms with Crippen LogP contribution >= 0.6 is 0 Å². The fourth-order valence-electron chi connectivity index (χ4n) is 2.91. The molecule has 2 saturated heterocycles. The van der Waals surface area contributed by atoms with E-state index in [1.54, 1.807) is 0 Å². The fraction of sp³-hybridized carbons (Fsp3) is 0.600. The summed E-state index contributed by atoms with van der Waals surface area (Å²) in [5.41, 5.74) is 0. The van der Waals surface area contributed by atoms with Crippen molar-refractivity contribution in [1.29, 1.82) is 0 Å². The third-order valence-electron chi connectivity index (χ3n) is 3.98. The Balaban J connectivity index is 0.00000161. The molecule has 0 bridgehead atoms. The van der Waals surface area contributed by atoms with Crippen LogP contribution in [0.1, 0.15) is 13.3 Å². The van der Waals surface area contributed by atoms with Crippen molar-refractivity contribution in [3.63, 3.8) is 0 Å². The van der Waals surface area contributed by atoms with Crippen LogP contribution in [0.3, 0.4) is 0 Å². The number of carboxylic acid groups (broad SMARTS) is 1. The molecule has 0 spiro atoms. The second kappa shape index (κ2) is 5.04.